The molecule has 1 aromatic rings. The molecule has 1 aliphatic rings. The predicted molar refractivity (Wildman–Crippen MR) is 61.9 cm³/mol. The van der Waals surface area contributed by atoms with Crippen molar-refractivity contribution in [3.05, 3.63) is 12.4 Å². The minimum Gasteiger partial charge on any atom is -0.355 e. The van der Waals surface area contributed by atoms with E-state index in [4.69, 9.17) is 0 Å². The monoisotopic (exact) mass is 208 g/mol. The van der Waals surface area contributed by atoms with Crippen LogP contribution in [0.25, 0.3) is 0 Å². The van der Waals surface area contributed by atoms with Gasteiger partial charge in [0, 0.05) is 26.0 Å². The van der Waals surface area contributed by atoms with Crippen molar-refractivity contribution < 1.29 is 0 Å². The Bertz CT molecular complexity index is 312. The minimum atomic E-state index is 0.414. The largest absolute Gasteiger partial charge is 0.355 e. The van der Waals surface area contributed by atoms with E-state index in [0.717, 1.165) is 25.6 Å². The number of hydrogen-bond donors (Lipinski definition) is 2. The van der Waals surface area contributed by atoms with Gasteiger partial charge in [-0.25, -0.2) is 4.98 Å². The fourth-order valence-corrected chi connectivity index (χ4v) is 2.04. The van der Waals surface area contributed by atoms with E-state index in [2.05, 4.69) is 22.5 Å². The normalized spacial score (nSPS) is 20.1. The molecule has 0 spiro atoms. The third kappa shape index (κ3) is 2.50. The van der Waals surface area contributed by atoms with Gasteiger partial charge in [-0.1, -0.05) is 6.92 Å². The number of anilines is 1. The van der Waals surface area contributed by atoms with Gasteiger partial charge in [0.15, 0.2) is 0 Å². The Morgan fingerprint density at radius 1 is 1.53 bits per heavy atom. The summed E-state index contributed by atoms with van der Waals surface area (Å²) in [6.07, 6.45) is 6.27. The lowest BCUT2D eigenvalue weighted by atomic mass is 9.81. The summed E-state index contributed by atoms with van der Waals surface area (Å²) in [6, 6.07) is 0. The Morgan fingerprint density at radius 2 is 2.27 bits per heavy atom. The van der Waals surface area contributed by atoms with Crippen molar-refractivity contribution in [2.24, 2.45) is 12.5 Å². The highest BCUT2D eigenvalue weighted by atomic mass is 15.2. The number of aromatic nitrogens is 2. The van der Waals surface area contributed by atoms with Crippen LogP contribution >= 0.6 is 0 Å². The summed E-state index contributed by atoms with van der Waals surface area (Å²) in [5.41, 5.74) is 0.414. The second-order valence-electron chi connectivity index (χ2n) is 4.78. The van der Waals surface area contributed by atoms with Crippen LogP contribution in [0.2, 0.25) is 0 Å². The first-order valence-corrected chi connectivity index (χ1v) is 5.62. The Kier molecular flexibility index (Phi) is 2.95. The van der Waals surface area contributed by atoms with Crippen LogP contribution in [0.3, 0.4) is 0 Å². The first-order valence-electron chi connectivity index (χ1n) is 5.62. The zero-order chi connectivity index (χ0) is 10.7. The van der Waals surface area contributed by atoms with Gasteiger partial charge < -0.3 is 15.2 Å². The quantitative estimate of drug-likeness (QED) is 0.785. The van der Waals surface area contributed by atoms with Gasteiger partial charge in [0.05, 0.1) is 0 Å². The lowest BCUT2D eigenvalue weighted by Gasteiger charge is -2.34. The lowest BCUT2D eigenvalue weighted by molar-refractivity contribution is 0.246. The number of nitrogens with one attached hydrogen (secondary N) is 2. The molecule has 4 nitrogen and oxygen atoms in total. The first-order chi connectivity index (χ1) is 7.20. The van der Waals surface area contributed by atoms with Crippen LogP contribution in [-0.4, -0.2) is 29.2 Å². The predicted octanol–water partition coefficient (Wildman–Crippen LogP) is 1.22. The fourth-order valence-electron chi connectivity index (χ4n) is 2.04. The summed E-state index contributed by atoms with van der Waals surface area (Å²) in [7, 11) is 2.01. The number of imidazole rings is 1. The standard InChI is InChI=1S/C11H20N4/c1-11(3-5-12-6-4-11)9-14-10-13-7-8-15(10)2/h7-8,12H,3-6,9H2,1-2H3,(H,13,14). The average Bonchev–Trinajstić information content (AvgIpc) is 2.62. The Labute approximate surface area is 91.1 Å². The van der Waals surface area contributed by atoms with Crippen LogP contribution in [0.4, 0.5) is 5.95 Å². The highest BCUT2D eigenvalue weighted by molar-refractivity contribution is 5.25. The molecule has 15 heavy (non-hydrogen) atoms. The molecule has 0 aliphatic carbocycles. The van der Waals surface area contributed by atoms with Crippen molar-refractivity contribution in [1.29, 1.82) is 0 Å². The molecule has 0 unspecified atom stereocenters. The maximum Gasteiger partial charge on any atom is 0.202 e. The summed E-state index contributed by atoms with van der Waals surface area (Å²) in [5.74, 6) is 0.967. The molecule has 2 rings (SSSR count). The maximum absolute atomic E-state index is 4.27. The van der Waals surface area contributed by atoms with Gasteiger partial charge in [-0.3, -0.25) is 0 Å². The summed E-state index contributed by atoms with van der Waals surface area (Å²) in [4.78, 5) is 4.27. The van der Waals surface area contributed by atoms with Crippen molar-refractivity contribution in [2.75, 3.05) is 25.0 Å². The highest BCUT2D eigenvalue weighted by Gasteiger charge is 2.26. The Hall–Kier alpha value is -1.03. The molecule has 4 heteroatoms. The summed E-state index contributed by atoms with van der Waals surface area (Å²) >= 11 is 0. The third-order valence-electron chi connectivity index (χ3n) is 3.31. The molecule has 0 bridgehead atoms. The Morgan fingerprint density at radius 3 is 2.87 bits per heavy atom. The van der Waals surface area contributed by atoms with E-state index < -0.39 is 0 Å². The molecular formula is C11H20N4. The lowest BCUT2D eigenvalue weighted by Crippen LogP contribution is -2.39. The van der Waals surface area contributed by atoms with E-state index in [1.165, 1.54) is 12.8 Å². The fraction of sp³-hybridized carbons (Fsp3) is 0.727. The minimum absolute atomic E-state index is 0.414. The van der Waals surface area contributed by atoms with Gasteiger partial charge in [0.25, 0.3) is 0 Å². The van der Waals surface area contributed by atoms with Crippen molar-refractivity contribution in [1.82, 2.24) is 14.9 Å². The van der Waals surface area contributed by atoms with Crippen LogP contribution in [0.5, 0.6) is 0 Å². The van der Waals surface area contributed by atoms with Crippen molar-refractivity contribution in [3.63, 3.8) is 0 Å². The number of rotatable bonds is 3. The highest BCUT2D eigenvalue weighted by Crippen LogP contribution is 2.27. The van der Waals surface area contributed by atoms with Gasteiger partial charge in [0.1, 0.15) is 0 Å². The van der Waals surface area contributed by atoms with Crippen LogP contribution in [0.1, 0.15) is 19.8 Å². The van der Waals surface area contributed by atoms with E-state index in [-0.39, 0.29) is 0 Å². The maximum atomic E-state index is 4.27. The molecule has 2 heterocycles. The molecule has 1 aromatic heterocycles. The number of nitrogens with zero attached hydrogens (tertiary/aromatic N) is 2. The molecule has 2 N–H and O–H groups in total. The van der Waals surface area contributed by atoms with Crippen molar-refractivity contribution >= 4 is 5.95 Å². The molecule has 1 saturated heterocycles. The van der Waals surface area contributed by atoms with Gasteiger partial charge >= 0.3 is 0 Å². The van der Waals surface area contributed by atoms with Crippen LogP contribution < -0.4 is 10.6 Å². The van der Waals surface area contributed by atoms with Crippen molar-refractivity contribution in [2.45, 2.75) is 19.8 Å². The zero-order valence-electron chi connectivity index (χ0n) is 9.58. The number of aryl methyl sites for hydroxylation is 1. The molecular weight excluding hydrogens is 188 g/mol. The molecule has 0 amide bonds. The van der Waals surface area contributed by atoms with Crippen LogP contribution in [0.15, 0.2) is 12.4 Å². The number of piperidine rings is 1. The van der Waals surface area contributed by atoms with Crippen molar-refractivity contribution in [3.8, 4) is 0 Å². The third-order valence-corrected chi connectivity index (χ3v) is 3.31. The number of hydrogen-bond acceptors (Lipinski definition) is 3. The van der Waals surface area contributed by atoms with E-state index in [0.29, 0.717) is 5.41 Å². The molecule has 0 radical (unpaired) electrons. The van der Waals surface area contributed by atoms with Gasteiger partial charge in [-0.15, -0.1) is 0 Å². The second kappa shape index (κ2) is 4.23. The topological polar surface area (TPSA) is 41.9 Å². The van der Waals surface area contributed by atoms with E-state index >= 15 is 0 Å². The second-order valence-corrected chi connectivity index (χ2v) is 4.78. The van der Waals surface area contributed by atoms with Gasteiger partial charge in [-0.05, 0) is 31.3 Å². The molecule has 84 valence electrons. The summed E-state index contributed by atoms with van der Waals surface area (Å²) in [5, 5.41) is 6.82. The molecule has 0 atom stereocenters. The first kappa shape index (κ1) is 10.5. The van der Waals surface area contributed by atoms with Crippen LogP contribution in [0, 0.1) is 5.41 Å². The zero-order valence-corrected chi connectivity index (χ0v) is 9.58. The van der Waals surface area contributed by atoms with E-state index in [9.17, 15) is 0 Å². The van der Waals surface area contributed by atoms with E-state index in [1.54, 1.807) is 0 Å². The van der Waals surface area contributed by atoms with Gasteiger partial charge in [-0.2, -0.15) is 0 Å². The molecule has 1 aliphatic heterocycles. The Balaban J connectivity index is 1.89. The summed E-state index contributed by atoms with van der Waals surface area (Å²) < 4.78 is 2.02. The summed E-state index contributed by atoms with van der Waals surface area (Å²) in [6.45, 7) is 5.64. The van der Waals surface area contributed by atoms with Gasteiger partial charge in [0.2, 0.25) is 5.95 Å². The molecule has 0 saturated carbocycles. The SMILES string of the molecule is Cn1ccnc1NCC1(C)CCNCC1. The average molecular weight is 208 g/mol. The van der Waals surface area contributed by atoms with Crippen LogP contribution in [-0.2, 0) is 7.05 Å². The molecule has 0 aromatic carbocycles. The molecule has 1 fully saturated rings. The smallest absolute Gasteiger partial charge is 0.202 e. The van der Waals surface area contributed by atoms with E-state index in [1.807, 2.05) is 24.0 Å².